The van der Waals surface area contributed by atoms with E-state index < -0.39 is 6.10 Å². The molecular weight excluding hydrogens is 250 g/mol. The van der Waals surface area contributed by atoms with Crippen molar-refractivity contribution in [1.29, 1.82) is 0 Å². The molecule has 1 aliphatic rings. The molecule has 106 valence electrons. The molecule has 1 fully saturated rings. The zero-order valence-corrected chi connectivity index (χ0v) is 11.8. The summed E-state index contributed by atoms with van der Waals surface area (Å²) in [4.78, 5) is 0. The predicted molar refractivity (Wildman–Crippen MR) is 77.4 cm³/mol. The third kappa shape index (κ3) is 2.61. The molecule has 1 saturated carbocycles. The maximum atomic E-state index is 10.7. The molecule has 2 aromatic rings. The second-order valence-corrected chi connectivity index (χ2v) is 5.88. The molecule has 0 radical (unpaired) electrons. The van der Waals surface area contributed by atoms with Gasteiger partial charge in [0.05, 0.1) is 17.6 Å². The topological polar surface area (TPSA) is 50.9 Å². The van der Waals surface area contributed by atoms with Crippen molar-refractivity contribution in [3.05, 3.63) is 42.2 Å². The van der Waals surface area contributed by atoms with Crippen LogP contribution in [-0.2, 0) is 0 Å². The molecule has 4 nitrogen and oxygen atoms in total. The van der Waals surface area contributed by atoms with Crippen molar-refractivity contribution in [2.45, 2.75) is 38.7 Å². The Kier molecular flexibility index (Phi) is 3.83. The van der Waals surface area contributed by atoms with Crippen LogP contribution in [0.5, 0.6) is 0 Å². The summed E-state index contributed by atoms with van der Waals surface area (Å²) < 4.78 is 1.75. The standard InChI is InChI=1S/C16H21N3O/c1-12-6-5-7-13(10-12)16(20)15-11-17-18-19(15)14-8-3-2-4-9-14/h2-4,8-9,11-13,16,20H,5-7,10H2,1H3. The summed E-state index contributed by atoms with van der Waals surface area (Å²) in [6.07, 6.45) is 5.87. The van der Waals surface area contributed by atoms with Gasteiger partial charge < -0.3 is 5.11 Å². The van der Waals surface area contributed by atoms with Crippen molar-refractivity contribution in [3.63, 3.8) is 0 Å². The Hall–Kier alpha value is -1.68. The van der Waals surface area contributed by atoms with E-state index in [1.54, 1.807) is 10.9 Å². The van der Waals surface area contributed by atoms with Crippen molar-refractivity contribution in [2.24, 2.45) is 11.8 Å². The predicted octanol–water partition coefficient (Wildman–Crippen LogP) is 3.13. The van der Waals surface area contributed by atoms with Gasteiger partial charge in [0.15, 0.2) is 0 Å². The zero-order valence-electron chi connectivity index (χ0n) is 11.8. The first-order valence-corrected chi connectivity index (χ1v) is 7.40. The smallest absolute Gasteiger partial charge is 0.101 e. The summed E-state index contributed by atoms with van der Waals surface area (Å²) in [6, 6.07) is 9.87. The van der Waals surface area contributed by atoms with Gasteiger partial charge in [-0.1, -0.05) is 43.2 Å². The lowest BCUT2D eigenvalue weighted by molar-refractivity contribution is 0.0661. The lowest BCUT2D eigenvalue weighted by Crippen LogP contribution is -2.22. The fourth-order valence-electron chi connectivity index (χ4n) is 3.22. The number of benzene rings is 1. The fourth-order valence-corrected chi connectivity index (χ4v) is 3.22. The number of nitrogens with zero attached hydrogens (tertiary/aromatic N) is 3. The van der Waals surface area contributed by atoms with Gasteiger partial charge in [-0.05, 0) is 36.8 Å². The average molecular weight is 271 g/mol. The molecule has 1 aromatic carbocycles. The van der Waals surface area contributed by atoms with E-state index in [-0.39, 0.29) is 0 Å². The van der Waals surface area contributed by atoms with E-state index in [4.69, 9.17) is 0 Å². The highest BCUT2D eigenvalue weighted by Crippen LogP contribution is 2.37. The number of aliphatic hydroxyl groups is 1. The van der Waals surface area contributed by atoms with Crippen LogP contribution in [0, 0.1) is 11.8 Å². The van der Waals surface area contributed by atoms with E-state index in [9.17, 15) is 5.11 Å². The maximum absolute atomic E-state index is 10.7. The largest absolute Gasteiger partial charge is 0.386 e. The Labute approximate surface area is 119 Å². The Morgan fingerprint density at radius 2 is 2.05 bits per heavy atom. The highest BCUT2D eigenvalue weighted by molar-refractivity contribution is 5.32. The van der Waals surface area contributed by atoms with Crippen LogP contribution >= 0.6 is 0 Å². The first kappa shape index (κ1) is 13.3. The molecule has 3 unspecified atom stereocenters. The van der Waals surface area contributed by atoms with Crippen molar-refractivity contribution < 1.29 is 5.11 Å². The summed E-state index contributed by atoms with van der Waals surface area (Å²) in [5, 5.41) is 18.8. The van der Waals surface area contributed by atoms with Crippen LogP contribution in [0.2, 0.25) is 0 Å². The van der Waals surface area contributed by atoms with Crippen LogP contribution in [-0.4, -0.2) is 20.1 Å². The number of rotatable bonds is 3. The number of para-hydroxylation sites is 1. The molecule has 1 heterocycles. The molecule has 4 heteroatoms. The molecule has 20 heavy (non-hydrogen) atoms. The Morgan fingerprint density at radius 1 is 1.25 bits per heavy atom. The van der Waals surface area contributed by atoms with Gasteiger partial charge in [-0.15, -0.1) is 5.10 Å². The van der Waals surface area contributed by atoms with E-state index in [1.807, 2.05) is 30.3 Å². The molecule has 3 atom stereocenters. The molecule has 0 bridgehead atoms. The fraction of sp³-hybridized carbons (Fsp3) is 0.500. The SMILES string of the molecule is CC1CCCC(C(O)c2cnnn2-c2ccccc2)C1. The molecule has 1 aromatic heterocycles. The van der Waals surface area contributed by atoms with E-state index in [2.05, 4.69) is 17.2 Å². The van der Waals surface area contributed by atoms with Gasteiger partial charge in [0.2, 0.25) is 0 Å². The van der Waals surface area contributed by atoms with Gasteiger partial charge >= 0.3 is 0 Å². The summed E-state index contributed by atoms with van der Waals surface area (Å²) in [5.74, 6) is 1.02. The molecule has 0 spiro atoms. The highest BCUT2D eigenvalue weighted by Gasteiger charge is 2.29. The highest BCUT2D eigenvalue weighted by atomic mass is 16.3. The lowest BCUT2D eigenvalue weighted by Gasteiger charge is -2.30. The first-order chi connectivity index (χ1) is 9.75. The molecule has 0 saturated heterocycles. The third-order valence-corrected chi connectivity index (χ3v) is 4.30. The van der Waals surface area contributed by atoms with E-state index in [0.717, 1.165) is 24.2 Å². The number of aromatic nitrogens is 3. The first-order valence-electron chi connectivity index (χ1n) is 7.40. The summed E-state index contributed by atoms with van der Waals surface area (Å²) in [6.45, 7) is 2.27. The van der Waals surface area contributed by atoms with Crippen LogP contribution in [0.25, 0.3) is 5.69 Å². The van der Waals surface area contributed by atoms with Gasteiger partial charge in [-0.3, -0.25) is 0 Å². The van der Waals surface area contributed by atoms with Gasteiger partial charge in [-0.2, -0.15) is 0 Å². The Bertz CT molecular complexity index is 552. The van der Waals surface area contributed by atoms with Crippen LogP contribution in [0.3, 0.4) is 0 Å². The minimum absolute atomic E-state index is 0.319. The van der Waals surface area contributed by atoms with Crippen LogP contribution in [0.15, 0.2) is 36.5 Å². The van der Waals surface area contributed by atoms with E-state index >= 15 is 0 Å². The molecular formula is C16H21N3O. The van der Waals surface area contributed by atoms with Gasteiger partial charge in [0.25, 0.3) is 0 Å². The Balaban J connectivity index is 1.86. The van der Waals surface area contributed by atoms with Gasteiger partial charge in [0.1, 0.15) is 6.10 Å². The minimum atomic E-state index is -0.479. The van der Waals surface area contributed by atoms with Crippen LogP contribution < -0.4 is 0 Å². The number of aliphatic hydroxyl groups excluding tert-OH is 1. The van der Waals surface area contributed by atoms with Crippen molar-refractivity contribution >= 4 is 0 Å². The quantitative estimate of drug-likeness (QED) is 0.933. The summed E-state index contributed by atoms with van der Waals surface area (Å²) in [7, 11) is 0. The number of hydrogen-bond donors (Lipinski definition) is 1. The monoisotopic (exact) mass is 271 g/mol. The van der Waals surface area contributed by atoms with Gasteiger partial charge in [0, 0.05) is 0 Å². The second-order valence-electron chi connectivity index (χ2n) is 5.88. The lowest BCUT2D eigenvalue weighted by atomic mass is 9.79. The average Bonchev–Trinajstić information content (AvgIpc) is 2.97. The Morgan fingerprint density at radius 3 is 2.80 bits per heavy atom. The van der Waals surface area contributed by atoms with E-state index in [1.165, 1.54) is 12.8 Å². The molecule has 1 aliphatic carbocycles. The zero-order chi connectivity index (χ0) is 13.9. The molecule has 3 rings (SSSR count). The normalized spacial score (nSPS) is 24.5. The van der Waals surface area contributed by atoms with E-state index in [0.29, 0.717) is 11.8 Å². The second kappa shape index (κ2) is 5.75. The van der Waals surface area contributed by atoms with Crippen LogP contribution in [0.4, 0.5) is 0 Å². The summed E-state index contributed by atoms with van der Waals surface area (Å²) in [5.41, 5.74) is 1.75. The molecule has 1 N–H and O–H groups in total. The van der Waals surface area contributed by atoms with Crippen molar-refractivity contribution in [2.75, 3.05) is 0 Å². The van der Waals surface area contributed by atoms with Gasteiger partial charge in [-0.25, -0.2) is 4.68 Å². The molecule has 0 amide bonds. The molecule has 0 aliphatic heterocycles. The third-order valence-electron chi connectivity index (χ3n) is 4.30. The number of hydrogen-bond acceptors (Lipinski definition) is 3. The van der Waals surface area contributed by atoms with Crippen LogP contribution in [0.1, 0.15) is 44.4 Å². The summed E-state index contributed by atoms with van der Waals surface area (Å²) >= 11 is 0. The van der Waals surface area contributed by atoms with Crippen molar-refractivity contribution in [1.82, 2.24) is 15.0 Å². The maximum Gasteiger partial charge on any atom is 0.101 e. The minimum Gasteiger partial charge on any atom is -0.386 e. The van der Waals surface area contributed by atoms with Crippen molar-refractivity contribution in [3.8, 4) is 5.69 Å².